The minimum absolute atomic E-state index is 0.0848. The average molecular weight is 369 g/mol. The summed E-state index contributed by atoms with van der Waals surface area (Å²) in [6, 6.07) is 10.4. The molecule has 0 spiro atoms. The Morgan fingerprint density at radius 3 is 2.50 bits per heavy atom. The van der Waals surface area contributed by atoms with Crippen LogP contribution in [0, 0.1) is 5.92 Å². The minimum atomic E-state index is -0.0848. The maximum atomic E-state index is 13.0. The molecule has 3 nitrogen and oxygen atoms in total. The van der Waals surface area contributed by atoms with E-state index in [2.05, 4.69) is 0 Å². The molecule has 1 aromatic heterocycles. The maximum Gasteiger partial charge on any atom is 0.200 e. The van der Waals surface area contributed by atoms with Crippen molar-refractivity contribution in [3.05, 3.63) is 63.5 Å². The summed E-state index contributed by atoms with van der Waals surface area (Å²) in [5.41, 5.74) is 2.46. The number of fused-ring (bicyclic) bond motifs is 1. The van der Waals surface area contributed by atoms with Gasteiger partial charge in [0.2, 0.25) is 5.43 Å². The fraction of sp³-hybridized carbons (Fsp3) is 0.318. The van der Waals surface area contributed by atoms with Gasteiger partial charge >= 0.3 is 0 Å². The van der Waals surface area contributed by atoms with Crippen molar-refractivity contribution < 1.29 is 9.52 Å². The number of benzene rings is 2. The van der Waals surface area contributed by atoms with Crippen LogP contribution in [0.3, 0.4) is 0 Å². The largest absolute Gasteiger partial charge is 0.508 e. The first-order chi connectivity index (χ1) is 12.6. The molecule has 4 heteroatoms. The minimum Gasteiger partial charge on any atom is -0.508 e. The topological polar surface area (TPSA) is 50.4 Å². The molecule has 0 bridgehead atoms. The summed E-state index contributed by atoms with van der Waals surface area (Å²) in [4.78, 5) is 13.0. The molecule has 0 aliphatic heterocycles. The normalized spacial score (nSPS) is 15.4. The number of phenolic OH excluding ortho intramolecular Hbond substituents is 1. The molecule has 134 valence electrons. The van der Waals surface area contributed by atoms with Crippen LogP contribution in [-0.4, -0.2) is 5.11 Å². The predicted octanol–water partition coefficient (Wildman–Crippen LogP) is 5.94. The summed E-state index contributed by atoms with van der Waals surface area (Å²) in [5, 5.41) is 11.5. The van der Waals surface area contributed by atoms with Gasteiger partial charge in [0, 0.05) is 10.6 Å². The molecule has 0 radical (unpaired) electrons. The first kappa shape index (κ1) is 17.2. The van der Waals surface area contributed by atoms with Gasteiger partial charge in [-0.25, -0.2) is 0 Å². The van der Waals surface area contributed by atoms with Gasteiger partial charge in [0.05, 0.1) is 10.9 Å². The number of hydrogen-bond acceptors (Lipinski definition) is 3. The van der Waals surface area contributed by atoms with Gasteiger partial charge < -0.3 is 9.52 Å². The number of halogens is 1. The van der Waals surface area contributed by atoms with Crippen LogP contribution < -0.4 is 5.43 Å². The molecule has 4 rings (SSSR count). The zero-order chi connectivity index (χ0) is 18.1. The summed E-state index contributed by atoms with van der Waals surface area (Å²) >= 11 is 5.94. The Bertz CT molecular complexity index is 983. The third-order valence-corrected chi connectivity index (χ3v) is 5.64. The van der Waals surface area contributed by atoms with Gasteiger partial charge in [-0.15, -0.1) is 0 Å². The molecule has 1 N–H and O–H groups in total. The van der Waals surface area contributed by atoms with E-state index in [-0.39, 0.29) is 11.2 Å². The van der Waals surface area contributed by atoms with Gasteiger partial charge in [0.25, 0.3) is 0 Å². The zero-order valence-electron chi connectivity index (χ0n) is 14.5. The van der Waals surface area contributed by atoms with E-state index in [1.807, 2.05) is 12.1 Å². The Balaban J connectivity index is 1.79. The molecule has 1 fully saturated rings. The van der Waals surface area contributed by atoms with E-state index in [1.54, 1.807) is 24.3 Å². The molecular formula is C22H21ClO3. The fourth-order valence-electron chi connectivity index (χ4n) is 3.95. The van der Waals surface area contributed by atoms with Crippen LogP contribution in [0.5, 0.6) is 5.75 Å². The van der Waals surface area contributed by atoms with E-state index in [0.717, 1.165) is 17.5 Å². The van der Waals surface area contributed by atoms with E-state index in [0.29, 0.717) is 27.5 Å². The highest BCUT2D eigenvalue weighted by molar-refractivity contribution is 6.30. The van der Waals surface area contributed by atoms with Crippen LogP contribution in [0.2, 0.25) is 5.02 Å². The molecule has 0 amide bonds. The lowest BCUT2D eigenvalue weighted by atomic mass is 9.84. The molecule has 0 atom stereocenters. The van der Waals surface area contributed by atoms with E-state index < -0.39 is 0 Å². The van der Waals surface area contributed by atoms with Gasteiger partial charge in [-0.1, -0.05) is 55.8 Å². The summed E-state index contributed by atoms with van der Waals surface area (Å²) < 4.78 is 5.87. The summed E-state index contributed by atoms with van der Waals surface area (Å²) in [6.07, 6.45) is 8.36. The van der Waals surface area contributed by atoms with Crippen molar-refractivity contribution >= 4 is 22.6 Å². The molecule has 2 aromatic carbocycles. The SMILES string of the molecule is O=c1c(-c2ccc(Cl)cc2)coc2c(CC3CCCCC3)c(O)ccc12. The van der Waals surface area contributed by atoms with E-state index in [1.165, 1.54) is 38.4 Å². The fourth-order valence-corrected chi connectivity index (χ4v) is 4.08. The molecule has 0 saturated heterocycles. The van der Waals surface area contributed by atoms with Gasteiger partial charge in [-0.05, 0) is 42.2 Å². The van der Waals surface area contributed by atoms with Crippen LogP contribution in [0.15, 0.2) is 51.9 Å². The quantitative estimate of drug-likeness (QED) is 0.622. The summed E-state index contributed by atoms with van der Waals surface area (Å²) in [5.74, 6) is 0.756. The summed E-state index contributed by atoms with van der Waals surface area (Å²) in [7, 11) is 0. The molecular weight excluding hydrogens is 348 g/mol. The Morgan fingerprint density at radius 2 is 1.77 bits per heavy atom. The number of rotatable bonds is 3. The van der Waals surface area contributed by atoms with Crippen LogP contribution >= 0.6 is 11.6 Å². The highest BCUT2D eigenvalue weighted by atomic mass is 35.5. The van der Waals surface area contributed by atoms with Gasteiger partial charge in [-0.2, -0.15) is 0 Å². The third kappa shape index (κ3) is 3.24. The molecule has 0 unspecified atom stereocenters. The van der Waals surface area contributed by atoms with E-state index in [4.69, 9.17) is 16.0 Å². The van der Waals surface area contributed by atoms with Crippen molar-refractivity contribution in [2.45, 2.75) is 38.5 Å². The first-order valence-electron chi connectivity index (χ1n) is 9.16. The second-order valence-corrected chi connectivity index (χ2v) is 7.57. The number of hydrogen-bond donors (Lipinski definition) is 1. The predicted molar refractivity (Wildman–Crippen MR) is 105 cm³/mol. The molecule has 1 heterocycles. The van der Waals surface area contributed by atoms with Crippen LogP contribution in [0.25, 0.3) is 22.1 Å². The Morgan fingerprint density at radius 1 is 1.04 bits per heavy atom. The average Bonchev–Trinajstić information content (AvgIpc) is 2.66. The van der Waals surface area contributed by atoms with Crippen molar-refractivity contribution in [2.75, 3.05) is 0 Å². The number of aromatic hydroxyl groups is 1. The van der Waals surface area contributed by atoms with Gasteiger partial charge in [0.15, 0.2) is 0 Å². The Hall–Kier alpha value is -2.26. The lowest BCUT2D eigenvalue weighted by molar-refractivity contribution is 0.351. The summed E-state index contributed by atoms with van der Waals surface area (Å²) in [6.45, 7) is 0. The van der Waals surface area contributed by atoms with Crippen molar-refractivity contribution in [1.82, 2.24) is 0 Å². The van der Waals surface area contributed by atoms with Crippen molar-refractivity contribution in [3.8, 4) is 16.9 Å². The highest BCUT2D eigenvalue weighted by Gasteiger charge is 2.20. The highest BCUT2D eigenvalue weighted by Crippen LogP contribution is 2.34. The van der Waals surface area contributed by atoms with Gasteiger partial charge in [-0.3, -0.25) is 4.79 Å². The van der Waals surface area contributed by atoms with Crippen LogP contribution in [0.4, 0.5) is 0 Å². The second-order valence-electron chi connectivity index (χ2n) is 7.13. The van der Waals surface area contributed by atoms with Crippen molar-refractivity contribution in [2.24, 2.45) is 5.92 Å². The van der Waals surface area contributed by atoms with E-state index >= 15 is 0 Å². The standard InChI is InChI=1S/C22H21ClO3/c23-16-8-6-15(7-9-16)19-13-26-22-17(21(19)25)10-11-20(24)18(22)12-14-4-2-1-3-5-14/h6-11,13-14,24H,1-5,12H2. The number of phenols is 1. The molecule has 1 saturated carbocycles. The smallest absolute Gasteiger partial charge is 0.200 e. The van der Waals surface area contributed by atoms with E-state index in [9.17, 15) is 9.90 Å². The monoisotopic (exact) mass is 368 g/mol. The van der Waals surface area contributed by atoms with Crippen molar-refractivity contribution in [1.29, 1.82) is 0 Å². The maximum absolute atomic E-state index is 13.0. The molecule has 3 aromatic rings. The van der Waals surface area contributed by atoms with Crippen LogP contribution in [-0.2, 0) is 6.42 Å². The lowest BCUT2D eigenvalue weighted by Crippen LogP contribution is -2.11. The zero-order valence-corrected chi connectivity index (χ0v) is 15.3. The molecule has 1 aliphatic rings. The lowest BCUT2D eigenvalue weighted by Gasteiger charge is -2.22. The Kier molecular flexibility index (Phi) is 4.73. The van der Waals surface area contributed by atoms with Gasteiger partial charge in [0.1, 0.15) is 17.6 Å². The van der Waals surface area contributed by atoms with Crippen LogP contribution in [0.1, 0.15) is 37.7 Å². The molecule has 1 aliphatic carbocycles. The second kappa shape index (κ2) is 7.16. The Labute approximate surface area is 157 Å². The first-order valence-corrected chi connectivity index (χ1v) is 9.53. The third-order valence-electron chi connectivity index (χ3n) is 5.39. The van der Waals surface area contributed by atoms with Crippen molar-refractivity contribution in [3.63, 3.8) is 0 Å². The molecule has 26 heavy (non-hydrogen) atoms.